The number of aromatic amines is 1. The van der Waals surface area contributed by atoms with Crippen LogP contribution in [-0.4, -0.2) is 31.0 Å². The average molecular weight is 418 g/mol. The van der Waals surface area contributed by atoms with E-state index >= 15 is 0 Å². The fourth-order valence-corrected chi connectivity index (χ4v) is 3.59. The third-order valence-corrected chi connectivity index (χ3v) is 5.29. The van der Waals surface area contributed by atoms with E-state index in [0.717, 1.165) is 17.0 Å². The maximum Gasteiger partial charge on any atom is 0.322 e. The molecular weight excluding hydrogens is 399 g/mol. The summed E-state index contributed by atoms with van der Waals surface area (Å²) in [6.45, 7) is 2.31. The Kier molecular flexibility index (Phi) is 4.70. The molecule has 0 saturated heterocycles. The van der Waals surface area contributed by atoms with E-state index in [1.54, 1.807) is 23.4 Å². The number of hydrogen-bond acceptors (Lipinski definition) is 5. The average Bonchev–Trinajstić information content (AvgIpc) is 3.44. The van der Waals surface area contributed by atoms with Crippen LogP contribution < -0.4 is 5.32 Å². The lowest BCUT2D eigenvalue weighted by molar-refractivity contribution is 0.155. The number of halogens is 1. The minimum absolute atomic E-state index is 0.282. The van der Waals surface area contributed by atoms with Crippen LogP contribution in [-0.2, 0) is 13.0 Å². The summed E-state index contributed by atoms with van der Waals surface area (Å²) < 4.78 is 18.7. The highest BCUT2D eigenvalue weighted by Crippen LogP contribution is 2.32. The second kappa shape index (κ2) is 7.67. The zero-order valence-electron chi connectivity index (χ0n) is 16.7. The Labute approximate surface area is 177 Å². The fraction of sp³-hybridized carbons (Fsp3) is 0.182. The van der Waals surface area contributed by atoms with Crippen molar-refractivity contribution in [1.82, 2.24) is 25.0 Å². The van der Waals surface area contributed by atoms with Crippen molar-refractivity contribution < 1.29 is 13.7 Å². The molecule has 0 bridgehead atoms. The number of nitrogens with zero attached hydrogens (tertiary/aromatic N) is 4. The summed E-state index contributed by atoms with van der Waals surface area (Å²) >= 11 is 0. The van der Waals surface area contributed by atoms with Gasteiger partial charge in [0, 0.05) is 17.7 Å². The number of nitrogens with one attached hydrogen (secondary N) is 2. The first kappa shape index (κ1) is 19.0. The summed E-state index contributed by atoms with van der Waals surface area (Å²) in [6.07, 6.45) is 2.05. The topological polar surface area (TPSA) is 99.9 Å². The zero-order valence-corrected chi connectivity index (χ0v) is 16.7. The van der Waals surface area contributed by atoms with E-state index in [9.17, 15) is 9.18 Å². The summed E-state index contributed by atoms with van der Waals surface area (Å²) in [7, 11) is 0. The summed E-state index contributed by atoms with van der Waals surface area (Å²) in [5.41, 5.74) is 4.15. The fourth-order valence-electron chi connectivity index (χ4n) is 3.59. The van der Waals surface area contributed by atoms with Gasteiger partial charge in [0.25, 0.3) is 0 Å². The standard InChI is InChI=1S/C22H19FN6O2/c1-13-2-8-16(9-3-13)26-22(30)29-11-18-17(24-12-25-18)10-19(29)21-27-20(28-31-21)14-4-6-15(23)7-5-14/h2-9,12,19H,10-11H2,1H3,(H,24,25)(H,26,30). The minimum atomic E-state index is -0.483. The number of benzene rings is 2. The number of aryl methyl sites for hydroxylation is 1. The molecule has 9 heteroatoms. The largest absolute Gasteiger partial charge is 0.347 e. The number of rotatable bonds is 3. The maximum atomic E-state index is 13.2. The Morgan fingerprint density at radius 1 is 1.19 bits per heavy atom. The van der Waals surface area contributed by atoms with Crippen LogP contribution in [0.4, 0.5) is 14.9 Å². The molecule has 0 spiro atoms. The van der Waals surface area contributed by atoms with E-state index in [4.69, 9.17) is 4.52 Å². The van der Waals surface area contributed by atoms with Gasteiger partial charge >= 0.3 is 6.03 Å². The first-order chi connectivity index (χ1) is 15.1. The zero-order chi connectivity index (χ0) is 21.4. The first-order valence-corrected chi connectivity index (χ1v) is 9.82. The summed E-state index contributed by atoms with van der Waals surface area (Å²) in [5.74, 6) is 0.290. The van der Waals surface area contributed by atoms with Gasteiger partial charge in [-0.3, -0.25) is 0 Å². The highest BCUT2D eigenvalue weighted by atomic mass is 19.1. The highest BCUT2D eigenvalue weighted by Gasteiger charge is 2.36. The van der Waals surface area contributed by atoms with Crippen molar-refractivity contribution in [2.45, 2.75) is 25.9 Å². The lowest BCUT2D eigenvalue weighted by Gasteiger charge is -2.32. The maximum absolute atomic E-state index is 13.2. The molecule has 156 valence electrons. The number of aromatic nitrogens is 4. The highest BCUT2D eigenvalue weighted by molar-refractivity contribution is 5.89. The van der Waals surface area contributed by atoms with E-state index in [-0.39, 0.29) is 11.8 Å². The van der Waals surface area contributed by atoms with Crippen LogP contribution in [0.15, 0.2) is 59.4 Å². The lowest BCUT2D eigenvalue weighted by atomic mass is 10.0. The molecule has 0 fully saturated rings. The number of imidazole rings is 1. The molecule has 2 N–H and O–H groups in total. The molecule has 0 saturated carbocycles. The summed E-state index contributed by atoms with van der Waals surface area (Å²) in [4.78, 5) is 26.7. The Hall–Kier alpha value is -4.01. The van der Waals surface area contributed by atoms with Gasteiger partial charge in [0.2, 0.25) is 11.7 Å². The van der Waals surface area contributed by atoms with Gasteiger partial charge in [0.05, 0.1) is 24.3 Å². The van der Waals surface area contributed by atoms with Crippen LogP contribution in [0.25, 0.3) is 11.4 Å². The van der Waals surface area contributed by atoms with Crippen molar-refractivity contribution in [2.75, 3.05) is 5.32 Å². The van der Waals surface area contributed by atoms with Crippen LogP contribution in [0.2, 0.25) is 0 Å². The van der Waals surface area contributed by atoms with Crippen LogP contribution in [0.1, 0.15) is 28.9 Å². The van der Waals surface area contributed by atoms with E-state index in [2.05, 4.69) is 25.4 Å². The van der Waals surface area contributed by atoms with E-state index in [0.29, 0.717) is 35.9 Å². The Bertz CT molecular complexity index is 1220. The number of carbonyl (C=O) groups excluding carboxylic acids is 1. The Balaban J connectivity index is 1.44. The SMILES string of the molecule is Cc1ccc(NC(=O)N2Cc3[nH]cnc3CC2c2nc(-c3ccc(F)cc3)no2)cc1. The summed E-state index contributed by atoms with van der Waals surface area (Å²) in [5, 5.41) is 6.95. The number of carbonyl (C=O) groups is 1. The van der Waals surface area contributed by atoms with Crippen molar-refractivity contribution in [3.8, 4) is 11.4 Å². The van der Waals surface area contributed by atoms with Gasteiger partial charge in [0.15, 0.2) is 0 Å². The molecule has 1 aliphatic heterocycles. The van der Waals surface area contributed by atoms with Gasteiger partial charge in [-0.1, -0.05) is 22.9 Å². The second-order valence-electron chi connectivity index (χ2n) is 7.43. The van der Waals surface area contributed by atoms with Crippen LogP contribution >= 0.6 is 0 Å². The van der Waals surface area contributed by atoms with Gasteiger partial charge in [-0.15, -0.1) is 0 Å². The molecule has 1 aliphatic rings. The van der Waals surface area contributed by atoms with Crippen LogP contribution in [0, 0.1) is 12.7 Å². The normalized spacial score (nSPS) is 15.5. The third kappa shape index (κ3) is 3.77. The van der Waals surface area contributed by atoms with Crippen molar-refractivity contribution in [3.63, 3.8) is 0 Å². The van der Waals surface area contributed by atoms with Crippen LogP contribution in [0.3, 0.4) is 0 Å². The molecule has 1 atom stereocenters. The quantitative estimate of drug-likeness (QED) is 0.518. The first-order valence-electron chi connectivity index (χ1n) is 9.82. The molecule has 2 amide bonds. The van der Waals surface area contributed by atoms with Gasteiger partial charge in [-0.2, -0.15) is 4.98 Å². The van der Waals surface area contributed by atoms with Gasteiger partial charge < -0.3 is 19.7 Å². The number of anilines is 1. The molecule has 31 heavy (non-hydrogen) atoms. The van der Waals surface area contributed by atoms with Crippen molar-refractivity contribution in [2.24, 2.45) is 0 Å². The number of H-pyrrole nitrogens is 1. The monoisotopic (exact) mass is 418 g/mol. The minimum Gasteiger partial charge on any atom is -0.347 e. The molecule has 2 aromatic heterocycles. The number of hydrogen-bond donors (Lipinski definition) is 2. The molecule has 2 aromatic carbocycles. The van der Waals surface area contributed by atoms with Gasteiger partial charge in [0.1, 0.15) is 11.9 Å². The van der Waals surface area contributed by atoms with E-state index in [1.165, 1.54) is 12.1 Å². The van der Waals surface area contributed by atoms with Gasteiger partial charge in [-0.05, 0) is 43.3 Å². The predicted octanol–water partition coefficient (Wildman–Crippen LogP) is 4.24. The number of urea groups is 1. The summed E-state index contributed by atoms with van der Waals surface area (Å²) in [6, 6.07) is 12.6. The molecule has 4 aromatic rings. The number of fused-ring (bicyclic) bond motifs is 1. The molecule has 1 unspecified atom stereocenters. The molecular formula is C22H19FN6O2. The Morgan fingerprint density at radius 3 is 2.74 bits per heavy atom. The third-order valence-electron chi connectivity index (χ3n) is 5.29. The molecule has 0 radical (unpaired) electrons. The van der Waals surface area contributed by atoms with E-state index in [1.807, 2.05) is 31.2 Å². The Morgan fingerprint density at radius 2 is 1.97 bits per heavy atom. The number of amides is 2. The lowest BCUT2D eigenvalue weighted by Crippen LogP contribution is -2.41. The smallest absolute Gasteiger partial charge is 0.322 e. The second-order valence-corrected chi connectivity index (χ2v) is 7.43. The molecule has 0 aliphatic carbocycles. The van der Waals surface area contributed by atoms with Crippen molar-refractivity contribution >= 4 is 11.7 Å². The molecule has 8 nitrogen and oxygen atoms in total. The predicted molar refractivity (Wildman–Crippen MR) is 110 cm³/mol. The van der Waals surface area contributed by atoms with Crippen molar-refractivity contribution in [3.05, 3.63) is 83.5 Å². The van der Waals surface area contributed by atoms with Gasteiger partial charge in [-0.25, -0.2) is 14.2 Å². The molecule has 3 heterocycles. The van der Waals surface area contributed by atoms with E-state index < -0.39 is 6.04 Å². The van der Waals surface area contributed by atoms with Crippen molar-refractivity contribution in [1.29, 1.82) is 0 Å². The molecule has 5 rings (SSSR count). The van der Waals surface area contributed by atoms with Crippen LogP contribution in [0.5, 0.6) is 0 Å².